The smallest absolute Gasteiger partial charge is 0.319 e. The molecule has 1 amide bonds. The molecule has 0 aliphatic carbocycles. The van der Waals surface area contributed by atoms with Gasteiger partial charge in [-0.25, -0.2) is 4.98 Å². The maximum atomic E-state index is 12.3. The Morgan fingerprint density at radius 2 is 2.00 bits per heavy atom. The van der Waals surface area contributed by atoms with Gasteiger partial charge in [-0.3, -0.25) is 14.4 Å². The van der Waals surface area contributed by atoms with E-state index in [1.54, 1.807) is 6.92 Å². The maximum absolute atomic E-state index is 12.3. The van der Waals surface area contributed by atoms with Gasteiger partial charge in [0.15, 0.2) is 6.61 Å². The van der Waals surface area contributed by atoms with Gasteiger partial charge in [0.1, 0.15) is 15.9 Å². The fourth-order valence-corrected chi connectivity index (χ4v) is 4.15. The van der Waals surface area contributed by atoms with Crippen molar-refractivity contribution in [1.82, 2.24) is 15.3 Å². The Balaban J connectivity index is 1.92. The second kappa shape index (κ2) is 8.43. The zero-order chi connectivity index (χ0) is 20.4. The second-order valence-corrected chi connectivity index (χ2v) is 9.87. The first-order valence-corrected chi connectivity index (χ1v) is 10.4. The Morgan fingerprint density at radius 3 is 2.63 bits per heavy atom. The first-order chi connectivity index (χ1) is 12.5. The Labute approximate surface area is 166 Å². The molecule has 0 spiro atoms. The molecular formula is C18H25N3O4S2. The number of nitrogens with zero attached hydrogens (tertiary/aromatic N) is 1. The second-order valence-electron chi connectivity index (χ2n) is 7.34. The predicted molar refractivity (Wildman–Crippen MR) is 109 cm³/mol. The maximum Gasteiger partial charge on any atom is 0.319 e. The zero-order valence-corrected chi connectivity index (χ0v) is 18.0. The molecule has 9 heteroatoms. The summed E-state index contributed by atoms with van der Waals surface area (Å²) in [6.45, 7) is 10.8. The number of H-pyrrole nitrogens is 1. The third-order valence-electron chi connectivity index (χ3n) is 3.75. The molecule has 2 aromatic heterocycles. The topological polar surface area (TPSA) is 101 Å². The van der Waals surface area contributed by atoms with Gasteiger partial charge < -0.3 is 15.0 Å². The average Bonchev–Trinajstić information content (AvgIpc) is 2.83. The standard InChI is InChI=1S/C18H25N3O4S2/c1-9-10(2)27-16-14(9)15(23)19-12(20-16)8-26-11(3)17(24)25-7-13(22)21-18(4,5)6/h11H,7-8H2,1-6H3,(H,21,22)(H,19,20,23)/t11-/m0/s1. The number of carbonyl (C=O) groups excluding carboxylic acids is 2. The number of fused-ring (bicyclic) bond motifs is 1. The van der Waals surface area contributed by atoms with Crippen molar-refractivity contribution in [2.75, 3.05) is 6.61 Å². The summed E-state index contributed by atoms with van der Waals surface area (Å²) in [4.78, 5) is 45.1. The first-order valence-electron chi connectivity index (χ1n) is 8.56. The SMILES string of the molecule is Cc1sc2nc(CS[C@@H](C)C(=O)OCC(=O)NC(C)(C)C)[nH]c(=O)c2c1C. The van der Waals surface area contributed by atoms with E-state index in [9.17, 15) is 14.4 Å². The minimum Gasteiger partial charge on any atom is -0.455 e. The molecule has 0 aliphatic rings. The van der Waals surface area contributed by atoms with Gasteiger partial charge in [0, 0.05) is 10.4 Å². The highest BCUT2D eigenvalue weighted by atomic mass is 32.2. The van der Waals surface area contributed by atoms with Gasteiger partial charge in [0.05, 0.1) is 11.1 Å². The molecule has 0 saturated carbocycles. The lowest BCUT2D eigenvalue weighted by Crippen LogP contribution is -2.43. The number of amides is 1. The van der Waals surface area contributed by atoms with E-state index in [4.69, 9.17) is 4.74 Å². The van der Waals surface area contributed by atoms with Crippen LogP contribution in [0.3, 0.4) is 0 Å². The number of aromatic amines is 1. The van der Waals surface area contributed by atoms with E-state index in [2.05, 4.69) is 15.3 Å². The minimum absolute atomic E-state index is 0.161. The van der Waals surface area contributed by atoms with Crippen molar-refractivity contribution in [2.24, 2.45) is 0 Å². The van der Waals surface area contributed by atoms with E-state index in [1.165, 1.54) is 23.1 Å². The lowest BCUT2D eigenvalue weighted by molar-refractivity contribution is -0.148. The van der Waals surface area contributed by atoms with Gasteiger partial charge in [-0.05, 0) is 47.1 Å². The van der Waals surface area contributed by atoms with Crippen LogP contribution in [0.15, 0.2) is 4.79 Å². The van der Waals surface area contributed by atoms with Gasteiger partial charge in [0.25, 0.3) is 11.5 Å². The Kier molecular flexibility index (Phi) is 6.69. The number of hydrogen-bond acceptors (Lipinski definition) is 7. The molecule has 2 N–H and O–H groups in total. The van der Waals surface area contributed by atoms with E-state index < -0.39 is 11.2 Å². The highest BCUT2D eigenvalue weighted by molar-refractivity contribution is 7.99. The summed E-state index contributed by atoms with van der Waals surface area (Å²) in [5.74, 6) is 0.0677. The number of thioether (sulfide) groups is 1. The minimum atomic E-state index is -0.486. The van der Waals surface area contributed by atoms with Crippen LogP contribution >= 0.6 is 23.1 Å². The molecule has 0 saturated heterocycles. The van der Waals surface area contributed by atoms with Crippen molar-refractivity contribution >= 4 is 45.2 Å². The van der Waals surface area contributed by atoms with Crippen LogP contribution < -0.4 is 10.9 Å². The number of aromatic nitrogens is 2. The van der Waals surface area contributed by atoms with Crippen LogP contribution in [0.1, 0.15) is 44.0 Å². The van der Waals surface area contributed by atoms with Gasteiger partial charge in [-0.15, -0.1) is 23.1 Å². The third-order valence-corrected chi connectivity index (χ3v) is 5.98. The summed E-state index contributed by atoms with van der Waals surface area (Å²) < 4.78 is 5.05. The summed E-state index contributed by atoms with van der Waals surface area (Å²) in [7, 11) is 0. The van der Waals surface area contributed by atoms with Crippen molar-refractivity contribution in [3.05, 3.63) is 26.6 Å². The number of esters is 1. The lowest BCUT2D eigenvalue weighted by Gasteiger charge is -2.20. The molecule has 0 bridgehead atoms. The van der Waals surface area contributed by atoms with Crippen LogP contribution in [0.2, 0.25) is 0 Å². The highest BCUT2D eigenvalue weighted by Crippen LogP contribution is 2.26. The molecule has 0 fully saturated rings. The molecule has 2 aromatic rings. The predicted octanol–water partition coefficient (Wildman–Crippen LogP) is 2.68. The molecule has 2 rings (SSSR count). The molecule has 2 heterocycles. The van der Waals surface area contributed by atoms with Crippen LogP contribution in [-0.4, -0.2) is 39.2 Å². The quantitative estimate of drug-likeness (QED) is 0.709. The van der Waals surface area contributed by atoms with E-state index >= 15 is 0 Å². The fraction of sp³-hybridized carbons (Fsp3) is 0.556. The number of hydrogen-bond donors (Lipinski definition) is 2. The van der Waals surface area contributed by atoms with E-state index in [-0.39, 0.29) is 23.6 Å². The lowest BCUT2D eigenvalue weighted by atomic mass is 10.1. The van der Waals surface area contributed by atoms with Crippen LogP contribution in [0.25, 0.3) is 10.2 Å². The molecular weight excluding hydrogens is 386 g/mol. The summed E-state index contributed by atoms with van der Waals surface area (Å²) >= 11 is 2.78. The van der Waals surface area contributed by atoms with Crippen molar-refractivity contribution in [3.8, 4) is 0 Å². The third kappa shape index (κ3) is 5.80. The van der Waals surface area contributed by atoms with Gasteiger partial charge in [0.2, 0.25) is 0 Å². The first kappa shape index (κ1) is 21.4. The van der Waals surface area contributed by atoms with Crippen LogP contribution in [0, 0.1) is 13.8 Å². The van der Waals surface area contributed by atoms with Crippen LogP contribution in [-0.2, 0) is 20.1 Å². The monoisotopic (exact) mass is 411 g/mol. The number of nitrogens with one attached hydrogen (secondary N) is 2. The summed E-state index contributed by atoms with van der Waals surface area (Å²) in [6, 6.07) is 0. The van der Waals surface area contributed by atoms with Gasteiger partial charge >= 0.3 is 5.97 Å². The van der Waals surface area contributed by atoms with E-state index in [0.29, 0.717) is 21.8 Å². The molecule has 148 valence electrons. The number of rotatable bonds is 6. The van der Waals surface area contributed by atoms with Crippen molar-refractivity contribution < 1.29 is 14.3 Å². The van der Waals surface area contributed by atoms with E-state index in [1.807, 2.05) is 34.6 Å². The molecule has 0 aromatic carbocycles. The molecule has 0 aliphatic heterocycles. The van der Waals surface area contributed by atoms with Crippen molar-refractivity contribution in [2.45, 2.75) is 58.1 Å². The van der Waals surface area contributed by atoms with Crippen molar-refractivity contribution in [1.29, 1.82) is 0 Å². The van der Waals surface area contributed by atoms with Gasteiger partial charge in [-0.1, -0.05) is 0 Å². The Morgan fingerprint density at radius 1 is 1.33 bits per heavy atom. The molecule has 27 heavy (non-hydrogen) atoms. The summed E-state index contributed by atoms with van der Waals surface area (Å²) in [5.41, 5.74) is 0.415. The molecule has 0 radical (unpaired) electrons. The largest absolute Gasteiger partial charge is 0.455 e. The molecule has 1 atom stereocenters. The number of thiophene rings is 1. The number of ether oxygens (including phenoxy) is 1. The Hall–Kier alpha value is -1.87. The average molecular weight is 412 g/mol. The Bertz CT molecular complexity index is 912. The molecule has 7 nitrogen and oxygen atoms in total. The van der Waals surface area contributed by atoms with Gasteiger partial charge in [-0.2, -0.15) is 0 Å². The fourth-order valence-electron chi connectivity index (χ4n) is 2.35. The number of carbonyl (C=O) groups is 2. The van der Waals surface area contributed by atoms with Crippen molar-refractivity contribution in [3.63, 3.8) is 0 Å². The summed E-state index contributed by atoms with van der Waals surface area (Å²) in [6.07, 6.45) is 0. The number of aryl methyl sites for hydroxylation is 2. The summed E-state index contributed by atoms with van der Waals surface area (Å²) in [5, 5.41) is 2.87. The molecule has 0 unspecified atom stereocenters. The van der Waals surface area contributed by atoms with Crippen LogP contribution in [0.5, 0.6) is 0 Å². The normalized spacial score (nSPS) is 12.8. The zero-order valence-electron chi connectivity index (χ0n) is 16.4. The van der Waals surface area contributed by atoms with Crippen LogP contribution in [0.4, 0.5) is 0 Å². The highest BCUT2D eigenvalue weighted by Gasteiger charge is 2.20. The van der Waals surface area contributed by atoms with E-state index in [0.717, 1.165) is 10.4 Å².